The molecule has 0 spiro atoms. The van der Waals surface area contributed by atoms with Crippen molar-refractivity contribution in [2.75, 3.05) is 24.6 Å². The molecule has 0 unspecified atom stereocenters. The van der Waals surface area contributed by atoms with Crippen LogP contribution in [0.25, 0.3) is 0 Å². The number of carbonyl (C=O) groups excluding carboxylic acids is 14. The Morgan fingerprint density at radius 2 is 1.02 bits per heavy atom. The molecule has 1 aromatic rings. The third-order valence-corrected chi connectivity index (χ3v) is 23.9. The van der Waals surface area contributed by atoms with Crippen molar-refractivity contribution in [1.82, 2.24) is 42.1 Å². The number of carboxylic acid groups (broad SMARTS) is 3. The number of unbranched alkanes of at least 4 members (excludes halogenated alkanes) is 14. The van der Waals surface area contributed by atoms with E-state index in [0.717, 1.165) is 37.5 Å². The molecule has 0 aliphatic carbocycles. The highest BCUT2D eigenvalue weighted by Gasteiger charge is 2.43. The van der Waals surface area contributed by atoms with Crippen molar-refractivity contribution < 1.29 is 102 Å². The first-order chi connectivity index (χ1) is 55.4. The van der Waals surface area contributed by atoms with E-state index in [1.54, 1.807) is 79.7 Å². The van der Waals surface area contributed by atoms with E-state index >= 15 is 4.79 Å². The van der Waals surface area contributed by atoms with E-state index < -0.39 is 242 Å². The molecule has 1 aromatic carbocycles. The van der Waals surface area contributed by atoms with Gasteiger partial charge in [-0.05, 0) is 80.2 Å². The number of nitrogens with two attached hydrogens (primary N) is 1. The molecule has 2 aliphatic rings. The van der Waals surface area contributed by atoms with Gasteiger partial charge in [0.1, 0.15) is 41.8 Å². The number of carboxylic acids is 3. The molecule has 32 heteroatoms. The van der Waals surface area contributed by atoms with E-state index in [1.165, 1.54) is 94.2 Å². The highest BCUT2D eigenvalue weighted by molar-refractivity contribution is 7.98. The molecule has 0 aromatic heterocycles. The fourth-order valence-corrected chi connectivity index (χ4v) is 16.7. The van der Waals surface area contributed by atoms with Gasteiger partial charge in [0.25, 0.3) is 0 Å². The van der Waals surface area contributed by atoms with Crippen LogP contribution in [0.15, 0.2) is 24.3 Å². The van der Waals surface area contributed by atoms with Gasteiger partial charge >= 0.3 is 17.9 Å². The molecular formula is C85H135N9O21S2. The maximum absolute atomic E-state index is 15.1. The van der Waals surface area contributed by atoms with E-state index in [-0.39, 0.29) is 73.2 Å². The number of hydrogen-bond donors (Lipinski definition) is 12. The maximum atomic E-state index is 15.1. The fourth-order valence-electron chi connectivity index (χ4n) is 14.4. The molecule has 0 bridgehead atoms. The van der Waals surface area contributed by atoms with Crippen molar-refractivity contribution in [3.8, 4) is 0 Å². The Hall–Kier alpha value is -8.13. The number of aliphatic hydroxyl groups excluding tert-OH is 1. The van der Waals surface area contributed by atoms with Gasteiger partial charge < -0.3 is 68.3 Å². The molecule has 30 nitrogen and oxygen atoms in total. The van der Waals surface area contributed by atoms with Crippen LogP contribution < -0.4 is 43.0 Å². The summed E-state index contributed by atoms with van der Waals surface area (Å²) >= 11 is 2.34. The summed E-state index contributed by atoms with van der Waals surface area (Å²) < 4.78 is 0. The van der Waals surface area contributed by atoms with Gasteiger partial charge in [0.2, 0.25) is 53.2 Å². The number of hydrogen-bond acceptors (Lipinski definition) is 20. The second kappa shape index (κ2) is 55.6. The Morgan fingerprint density at radius 1 is 0.521 bits per heavy atom. The van der Waals surface area contributed by atoms with Gasteiger partial charge in [-0.3, -0.25) is 81.5 Å². The number of ketones is 5. The highest BCUT2D eigenvalue weighted by atomic mass is 32.2. The van der Waals surface area contributed by atoms with Crippen molar-refractivity contribution in [3.05, 3.63) is 35.4 Å². The van der Waals surface area contributed by atoms with Crippen LogP contribution in [0.3, 0.4) is 0 Å². The van der Waals surface area contributed by atoms with Gasteiger partial charge in [-0.2, -0.15) is 23.5 Å². The van der Waals surface area contributed by atoms with E-state index in [4.69, 9.17) is 5.73 Å². The number of nitrogens with one attached hydrogen (secondary N) is 7. The average molecular weight is 1680 g/mol. The topological polar surface area (TPSA) is 485 Å². The predicted molar refractivity (Wildman–Crippen MR) is 445 cm³/mol. The van der Waals surface area contributed by atoms with Crippen LogP contribution >= 0.6 is 23.5 Å². The fraction of sp³-hybridized carbons (Fsp3) is 0.729. The molecule has 0 saturated carbocycles. The minimum absolute atomic E-state index is 0.0680. The Bertz CT molecular complexity index is 3460. The normalized spacial score (nSPS) is 20.8. The molecular weight excluding hydrogens is 1550 g/mol. The molecule has 2 heterocycles. The number of amides is 9. The number of rotatable bonds is 46. The zero-order chi connectivity index (χ0) is 87.4. The van der Waals surface area contributed by atoms with Crippen LogP contribution in [-0.4, -0.2) is 198 Å². The average Bonchev–Trinajstić information content (AvgIpc) is 1.70. The molecule has 0 radical (unpaired) electrons. The van der Waals surface area contributed by atoms with E-state index in [0.29, 0.717) is 24.0 Å². The molecule has 12 atom stereocenters. The number of benzene rings is 1. The Labute approximate surface area is 698 Å². The first kappa shape index (κ1) is 103. The van der Waals surface area contributed by atoms with Crippen LogP contribution in [0.5, 0.6) is 0 Å². The quantitative estimate of drug-likeness (QED) is 0.0274. The number of fused-ring (bicyclic) bond motifs is 2. The summed E-state index contributed by atoms with van der Waals surface area (Å²) in [6.45, 7) is 15.8. The van der Waals surface area contributed by atoms with Gasteiger partial charge in [-0.15, -0.1) is 0 Å². The Kier molecular flexibility index (Phi) is 49.0. The van der Waals surface area contributed by atoms with E-state index in [2.05, 4.69) is 44.1 Å². The molecule has 3 rings (SSSR count). The first-order valence-electron chi connectivity index (χ1n) is 42.2. The minimum Gasteiger partial charge on any atom is -0.481 e. The van der Waals surface area contributed by atoms with Crippen molar-refractivity contribution in [2.24, 2.45) is 53.1 Å². The largest absolute Gasteiger partial charge is 0.481 e. The van der Waals surface area contributed by atoms with E-state index in [9.17, 15) is 97.1 Å². The highest BCUT2D eigenvalue weighted by Crippen LogP contribution is 2.29. The van der Waals surface area contributed by atoms with Crippen LogP contribution in [0, 0.1) is 47.3 Å². The van der Waals surface area contributed by atoms with Crippen molar-refractivity contribution in [3.63, 3.8) is 0 Å². The SMILES string of the molecule is CCCCCCCCCCCCCCCCCC(=O)CCCC(=O)C[C@H](C(=O)N[C@H](C(=O)C[C@H]1CSCc2ccccc2CSC[C@@H](C(=O)C[C@H](C(=O)N[C@H](C(N)=O)C(C)C)C(C)C)NC(=O)[C@H](CCC(=O)O)CC(=O)CNC(=O)[C@H]([C@@H](C)O)NC(=O)[C@H](CCC(=O)O)NC(=O)[C@@H]2CCCN2C(=O)[C@H](CC(=O)O)NC1=O)C(C)C)C(C)C. The molecule has 117 heavy (non-hydrogen) atoms. The lowest BCUT2D eigenvalue weighted by molar-refractivity contribution is -0.146. The van der Waals surface area contributed by atoms with Gasteiger partial charge in [0, 0.05) is 105 Å². The van der Waals surface area contributed by atoms with Crippen molar-refractivity contribution in [1.29, 1.82) is 0 Å². The van der Waals surface area contributed by atoms with Crippen LogP contribution in [0.1, 0.15) is 273 Å². The number of aliphatic hydroxyl groups is 1. The molecule has 13 N–H and O–H groups in total. The summed E-state index contributed by atoms with van der Waals surface area (Å²) in [6, 6.07) is -3.79. The monoisotopic (exact) mass is 1680 g/mol. The molecule has 1 fully saturated rings. The number of aliphatic carboxylic acids is 3. The lowest BCUT2D eigenvalue weighted by Crippen LogP contribution is -2.60. The second-order valence-corrected chi connectivity index (χ2v) is 35.0. The smallest absolute Gasteiger partial charge is 0.305 e. The van der Waals surface area contributed by atoms with Gasteiger partial charge in [0.05, 0.1) is 37.1 Å². The molecule has 9 amide bonds. The van der Waals surface area contributed by atoms with Gasteiger partial charge in [-0.25, -0.2) is 0 Å². The second-order valence-electron chi connectivity index (χ2n) is 33.0. The van der Waals surface area contributed by atoms with Crippen molar-refractivity contribution >= 4 is 124 Å². The number of primary amides is 1. The van der Waals surface area contributed by atoms with Crippen LogP contribution in [-0.2, 0) is 93.0 Å². The van der Waals surface area contributed by atoms with Crippen LogP contribution in [0.4, 0.5) is 0 Å². The zero-order valence-electron chi connectivity index (χ0n) is 70.6. The number of thioether (sulfide) groups is 2. The first-order valence-corrected chi connectivity index (χ1v) is 44.5. The summed E-state index contributed by atoms with van der Waals surface area (Å²) in [6.07, 6.45) is 12.0. The Morgan fingerprint density at radius 3 is 1.54 bits per heavy atom. The summed E-state index contributed by atoms with van der Waals surface area (Å²) in [5.74, 6) is -22.0. The Balaban J connectivity index is 2.07. The maximum Gasteiger partial charge on any atom is 0.305 e. The van der Waals surface area contributed by atoms with Gasteiger partial charge in [-0.1, -0.05) is 176 Å². The van der Waals surface area contributed by atoms with Crippen molar-refractivity contribution in [2.45, 2.75) is 322 Å². The third kappa shape index (κ3) is 39.5. The lowest BCUT2D eigenvalue weighted by atomic mass is 9.87. The number of nitrogens with zero attached hydrogens (tertiary/aromatic N) is 1. The zero-order valence-corrected chi connectivity index (χ0v) is 72.2. The third-order valence-electron chi connectivity index (χ3n) is 21.7. The summed E-state index contributed by atoms with van der Waals surface area (Å²) in [5, 5.41) is 58.4. The number of Topliss-reactive ketones (excluding diaryl/α,β-unsaturated/α-hetero) is 5. The predicted octanol–water partition coefficient (Wildman–Crippen LogP) is 8.18. The molecule has 2 aliphatic heterocycles. The lowest BCUT2D eigenvalue weighted by Gasteiger charge is -2.31. The summed E-state index contributed by atoms with van der Waals surface area (Å²) in [5.41, 5.74) is 7.00. The minimum atomic E-state index is -1.91. The summed E-state index contributed by atoms with van der Waals surface area (Å²) in [7, 11) is 0. The molecule has 1 saturated heterocycles. The summed E-state index contributed by atoms with van der Waals surface area (Å²) in [4.78, 5) is 235. The van der Waals surface area contributed by atoms with Crippen LogP contribution in [0.2, 0.25) is 0 Å². The molecule has 658 valence electrons. The number of carbonyl (C=O) groups is 17. The van der Waals surface area contributed by atoms with Gasteiger partial charge in [0.15, 0.2) is 17.3 Å². The standard InChI is InChI=1S/C85H135N9O21S2/c1-11-12-13-14-15-16-17-18-19-20-21-22-23-24-25-32-60(96)33-28-34-61(97)43-63(51(2)3)80(110)91-74(53(6)7)70(100)42-59-49-116-47-57-30-26-27-31-58(57)48-117-50-67(69(99)44-64(52(4)5)81(111)92-75(54(8)9)77(86)107)90-78(108)56(36-38-71(101)102)41-62(98)46-87-84(114)76(55(10)95)93-82(112)65(37-39-72(103)104)88-83(113)68-35-29-40-94(68)85(115)66(45-73(105)106)89-79(59)109/h26-27,30-31,51-56,59,63-68,74-76,95H,11-25,28-29,32-50H2,1-10H3,(H2,86,107)(H,87,114)(H,88,113)(H,89,109)(H,90,108)(H,91,110)(H,92,111)(H,93,112)(H,101,102)(H,103,104)(H,105,106)/t55-,56-,59+,63+,64+,65+,66+,67+,68+,74+,75+,76+/m1/s1. The van der Waals surface area contributed by atoms with E-state index in [1.807, 2.05) is 0 Å².